The molecule has 0 aromatic heterocycles. The van der Waals surface area contributed by atoms with Gasteiger partial charge in [-0.3, -0.25) is 0 Å². The Kier molecular flexibility index (Phi) is 2.92. The second kappa shape index (κ2) is 3.50. The van der Waals surface area contributed by atoms with E-state index in [-0.39, 0.29) is 5.75 Å². The smallest absolute Gasteiger partial charge is 0.243 e. The fourth-order valence-electron chi connectivity index (χ4n) is 0.601. The summed E-state index contributed by atoms with van der Waals surface area (Å²) in [6.07, 6.45) is -1.39. The molecule has 0 spiro atoms. The Balaban J connectivity index is 2.60. The molecular formula is C4H8O7S2. The van der Waals surface area contributed by atoms with Crippen molar-refractivity contribution in [1.82, 2.24) is 0 Å². The van der Waals surface area contributed by atoms with Crippen LogP contribution in [0.2, 0.25) is 0 Å². The summed E-state index contributed by atoms with van der Waals surface area (Å²) in [4.78, 5) is 0. The molecule has 9 heteroatoms. The maximum Gasteiger partial charge on any atom is 0.402 e. The largest absolute Gasteiger partial charge is 0.402 e. The summed E-state index contributed by atoms with van der Waals surface area (Å²) in [5, 5.41) is 0. The molecule has 1 heterocycles. The van der Waals surface area contributed by atoms with Gasteiger partial charge in [-0.1, -0.05) is 0 Å². The minimum Gasteiger partial charge on any atom is -0.243 e. The van der Waals surface area contributed by atoms with E-state index in [2.05, 4.69) is 12.5 Å². The van der Waals surface area contributed by atoms with Gasteiger partial charge in [-0.25, -0.2) is 12.5 Å². The van der Waals surface area contributed by atoms with Crippen molar-refractivity contribution in [3.63, 3.8) is 0 Å². The average molecular weight is 232 g/mol. The normalized spacial score (nSPS) is 27.6. The van der Waals surface area contributed by atoms with Crippen LogP contribution in [0.3, 0.4) is 0 Å². The highest BCUT2D eigenvalue weighted by Crippen LogP contribution is 2.15. The minimum atomic E-state index is -4.07. The molecule has 1 aliphatic heterocycles. The van der Waals surface area contributed by atoms with E-state index in [0.717, 1.165) is 0 Å². The van der Waals surface area contributed by atoms with E-state index in [4.69, 9.17) is 0 Å². The van der Waals surface area contributed by atoms with Crippen molar-refractivity contribution in [2.75, 3.05) is 12.4 Å². The highest BCUT2D eigenvalue weighted by molar-refractivity contribution is 7.86. The van der Waals surface area contributed by atoms with Gasteiger partial charge in [-0.2, -0.15) is 16.8 Å². The third kappa shape index (κ3) is 3.19. The quantitative estimate of drug-likeness (QED) is 0.574. The first kappa shape index (κ1) is 10.9. The summed E-state index contributed by atoms with van der Waals surface area (Å²) in [6, 6.07) is 0. The molecule has 1 fully saturated rings. The van der Waals surface area contributed by atoms with Crippen molar-refractivity contribution in [3.05, 3.63) is 0 Å². The number of rotatable bonds is 3. The fourth-order valence-corrected chi connectivity index (χ4v) is 1.90. The SMILES string of the molecule is CCS(=O)(=O)OC1COS(=O)(=O)O1. The Morgan fingerprint density at radius 3 is 2.54 bits per heavy atom. The molecule has 0 radical (unpaired) electrons. The molecule has 1 rings (SSSR count). The second-order valence-corrected chi connectivity index (χ2v) is 5.29. The lowest BCUT2D eigenvalue weighted by molar-refractivity contribution is 0.0313. The first-order valence-electron chi connectivity index (χ1n) is 3.33. The van der Waals surface area contributed by atoms with E-state index >= 15 is 0 Å². The minimum absolute atomic E-state index is 0.257. The van der Waals surface area contributed by atoms with E-state index in [1.165, 1.54) is 6.92 Å². The van der Waals surface area contributed by atoms with Crippen molar-refractivity contribution >= 4 is 20.5 Å². The van der Waals surface area contributed by atoms with Crippen LogP contribution in [0.5, 0.6) is 0 Å². The summed E-state index contributed by atoms with van der Waals surface area (Å²) >= 11 is 0. The van der Waals surface area contributed by atoms with Crippen molar-refractivity contribution in [2.45, 2.75) is 13.2 Å². The number of hydrogen-bond acceptors (Lipinski definition) is 7. The molecule has 78 valence electrons. The molecule has 7 nitrogen and oxygen atoms in total. The van der Waals surface area contributed by atoms with Crippen LogP contribution in [0.4, 0.5) is 0 Å². The molecule has 0 N–H and O–H groups in total. The van der Waals surface area contributed by atoms with Gasteiger partial charge in [0.05, 0.1) is 5.75 Å². The highest BCUT2D eigenvalue weighted by Gasteiger charge is 2.33. The summed E-state index contributed by atoms with van der Waals surface area (Å²) in [5.41, 5.74) is 0. The predicted molar refractivity (Wildman–Crippen MR) is 40.3 cm³/mol. The maximum atomic E-state index is 10.8. The van der Waals surface area contributed by atoms with E-state index in [9.17, 15) is 16.8 Å². The van der Waals surface area contributed by atoms with Gasteiger partial charge in [0.25, 0.3) is 10.1 Å². The molecular weight excluding hydrogens is 224 g/mol. The molecule has 1 unspecified atom stereocenters. The molecule has 13 heavy (non-hydrogen) atoms. The fraction of sp³-hybridized carbons (Fsp3) is 1.00. The first-order valence-corrected chi connectivity index (χ1v) is 6.24. The van der Waals surface area contributed by atoms with Crippen LogP contribution < -0.4 is 0 Å². The Morgan fingerprint density at radius 1 is 1.54 bits per heavy atom. The van der Waals surface area contributed by atoms with Gasteiger partial charge in [0, 0.05) is 0 Å². The van der Waals surface area contributed by atoms with Crippen molar-refractivity contribution in [1.29, 1.82) is 0 Å². The molecule has 0 aromatic rings. The Bertz CT molecular complexity index is 365. The molecule has 0 bridgehead atoms. The van der Waals surface area contributed by atoms with Crippen molar-refractivity contribution in [2.24, 2.45) is 0 Å². The lowest BCUT2D eigenvalue weighted by Gasteiger charge is -2.05. The third-order valence-electron chi connectivity index (χ3n) is 1.18. The topological polar surface area (TPSA) is 96.0 Å². The van der Waals surface area contributed by atoms with E-state index in [1.54, 1.807) is 0 Å². The van der Waals surface area contributed by atoms with Crippen LogP contribution in [0, 0.1) is 0 Å². The van der Waals surface area contributed by atoms with Crippen LogP contribution in [-0.2, 0) is 33.1 Å². The molecule has 0 aliphatic carbocycles. The average Bonchev–Trinajstić information content (AvgIpc) is 2.29. The van der Waals surface area contributed by atoms with Gasteiger partial charge >= 0.3 is 10.4 Å². The summed E-state index contributed by atoms with van der Waals surface area (Å²) < 4.78 is 55.2. The van der Waals surface area contributed by atoms with E-state index in [1.807, 2.05) is 0 Å². The summed E-state index contributed by atoms with van der Waals surface area (Å²) in [6.45, 7) is 0.918. The van der Waals surface area contributed by atoms with E-state index < -0.39 is 33.4 Å². The van der Waals surface area contributed by atoms with E-state index in [0.29, 0.717) is 0 Å². The first-order chi connectivity index (χ1) is 5.85. The van der Waals surface area contributed by atoms with Crippen LogP contribution >= 0.6 is 0 Å². The lowest BCUT2D eigenvalue weighted by Crippen LogP contribution is -2.21. The predicted octanol–water partition coefficient (Wildman–Crippen LogP) is -1.03. The van der Waals surface area contributed by atoms with Crippen LogP contribution in [-0.4, -0.2) is 35.5 Å². The van der Waals surface area contributed by atoms with Crippen LogP contribution in [0.25, 0.3) is 0 Å². The molecule has 0 amide bonds. The van der Waals surface area contributed by atoms with Crippen molar-refractivity contribution < 1.29 is 29.4 Å². The molecule has 1 atom stereocenters. The third-order valence-corrected chi connectivity index (χ3v) is 3.27. The zero-order chi connectivity index (χ0) is 10.1. The molecule has 0 saturated carbocycles. The van der Waals surface area contributed by atoms with Gasteiger partial charge in [0.2, 0.25) is 6.29 Å². The van der Waals surface area contributed by atoms with Crippen LogP contribution in [0.15, 0.2) is 0 Å². The maximum absolute atomic E-state index is 10.8. The van der Waals surface area contributed by atoms with Gasteiger partial charge in [0.1, 0.15) is 6.61 Å². The monoisotopic (exact) mass is 232 g/mol. The second-order valence-electron chi connectivity index (χ2n) is 2.16. The standard InChI is InChI=1S/C4H8O7S2/c1-2-12(5,6)10-4-3-9-13(7,8)11-4/h4H,2-3H2,1H3. The Labute approximate surface area is 76.0 Å². The van der Waals surface area contributed by atoms with Gasteiger partial charge in [0.15, 0.2) is 0 Å². The van der Waals surface area contributed by atoms with Gasteiger partial charge < -0.3 is 0 Å². The van der Waals surface area contributed by atoms with Crippen LogP contribution in [0.1, 0.15) is 6.92 Å². The highest BCUT2D eigenvalue weighted by atomic mass is 32.3. The zero-order valence-corrected chi connectivity index (χ0v) is 8.30. The summed E-state index contributed by atoms with van der Waals surface area (Å²) in [5.74, 6) is -0.257. The lowest BCUT2D eigenvalue weighted by atomic mass is 10.7. The number of hydrogen-bond donors (Lipinski definition) is 0. The Hall–Kier alpha value is -0.220. The van der Waals surface area contributed by atoms with Crippen molar-refractivity contribution in [3.8, 4) is 0 Å². The zero-order valence-electron chi connectivity index (χ0n) is 6.67. The van der Waals surface area contributed by atoms with Gasteiger partial charge in [-0.05, 0) is 6.92 Å². The molecule has 1 saturated heterocycles. The van der Waals surface area contributed by atoms with Gasteiger partial charge in [-0.15, -0.1) is 0 Å². The molecule has 1 aliphatic rings. The summed E-state index contributed by atoms with van der Waals surface area (Å²) in [7, 11) is -7.79. The Morgan fingerprint density at radius 2 is 2.15 bits per heavy atom. The molecule has 0 aromatic carbocycles.